The first-order valence-corrected chi connectivity index (χ1v) is 11.1. The Bertz CT molecular complexity index is 796. The van der Waals surface area contributed by atoms with Crippen LogP contribution >= 0.6 is 27.5 Å². The molecular formula is C21H28BrClN2O4. The van der Waals surface area contributed by atoms with Gasteiger partial charge in [0.1, 0.15) is 11.6 Å². The van der Waals surface area contributed by atoms with Crippen molar-refractivity contribution in [1.29, 1.82) is 0 Å². The number of likely N-dealkylation sites (tertiary alicyclic amines) is 1. The molecule has 8 heteroatoms. The van der Waals surface area contributed by atoms with Crippen molar-refractivity contribution in [2.24, 2.45) is 5.92 Å². The summed E-state index contributed by atoms with van der Waals surface area (Å²) in [7, 11) is 1.33. The number of anilines is 1. The molecule has 1 amide bonds. The maximum absolute atomic E-state index is 11.8. The van der Waals surface area contributed by atoms with Gasteiger partial charge < -0.3 is 14.8 Å². The van der Waals surface area contributed by atoms with Crippen molar-refractivity contribution >= 4 is 45.3 Å². The Labute approximate surface area is 185 Å². The van der Waals surface area contributed by atoms with Crippen molar-refractivity contribution in [1.82, 2.24) is 4.90 Å². The fourth-order valence-electron chi connectivity index (χ4n) is 3.85. The minimum Gasteiger partial charge on any atom is -0.467 e. The van der Waals surface area contributed by atoms with Crippen LogP contribution in [0.2, 0.25) is 5.02 Å². The van der Waals surface area contributed by atoms with E-state index >= 15 is 0 Å². The molecule has 1 aromatic carbocycles. The quantitative estimate of drug-likeness (QED) is 0.552. The van der Waals surface area contributed by atoms with Crippen LogP contribution in [0.5, 0.6) is 0 Å². The van der Waals surface area contributed by atoms with E-state index in [9.17, 15) is 9.59 Å². The lowest BCUT2D eigenvalue weighted by Crippen LogP contribution is -2.43. The lowest BCUT2D eigenvalue weighted by atomic mass is 10.0. The van der Waals surface area contributed by atoms with Crippen LogP contribution in [0.4, 0.5) is 10.5 Å². The number of fused-ring (bicyclic) bond motifs is 3. The number of nitrogens with zero attached hydrogens (tertiary/aromatic N) is 1. The number of nitrogens with one attached hydrogen (secondary N) is 1. The average Bonchev–Trinajstić information content (AvgIpc) is 3.26. The lowest BCUT2D eigenvalue weighted by molar-refractivity contribution is -0.145. The molecular weight excluding hydrogens is 460 g/mol. The fraction of sp³-hybridized carbons (Fsp3) is 0.619. The molecule has 0 radical (unpaired) electrons. The van der Waals surface area contributed by atoms with Crippen molar-refractivity contribution in [2.75, 3.05) is 25.5 Å². The first kappa shape index (κ1) is 22.2. The smallest absolute Gasteiger partial charge is 0.411 e. The molecule has 4 rings (SSSR count). The van der Waals surface area contributed by atoms with Gasteiger partial charge in [0.05, 0.1) is 12.8 Å². The number of carbonyl (C=O) groups is 2. The predicted molar refractivity (Wildman–Crippen MR) is 116 cm³/mol. The van der Waals surface area contributed by atoms with E-state index in [1.807, 2.05) is 6.07 Å². The van der Waals surface area contributed by atoms with Gasteiger partial charge in [-0.25, -0.2) is 9.59 Å². The van der Waals surface area contributed by atoms with E-state index in [-0.39, 0.29) is 5.97 Å². The minimum atomic E-state index is -0.541. The van der Waals surface area contributed by atoms with Crippen molar-refractivity contribution in [2.45, 2.75) is 57.6 Å². The van der Waals surface area contributed by atoms with Crippen molar-refractivity contribution < 1.29 is 19.1 Å². The Balaban J connectivity index is 0.000000168. The molecule has 0 aromatic heterocycles. The zero-order valence-corrected chi connectivity index (χ0v) is 19.6. The van der Waals surface area contributed by atoms with Crippen LogP contribution in [0.25, 0.3) is 0 Å². The molecule has 2 heterocycles. The number of methoxy groups -OCH3 is 1. The molecule has 0 bridgehead atoms. The molecule has 160 valence electrons. The number of rotatable bonds is 1. The highest BCUT2D eigenvalue weighted by Crippen LogP contribution is 2.54. The van der Waals surface area contributed by atoms with Crippen LogP contribution in [0.15, 0.2) is 16.6 Å². The summed E-state index contributed by atoms with van der Waals surface area (Å²) < 4.78 is 11.0. The van der Waals surface area contributed by atoms with E-state index in [4.69, 9.17) is 16.3 Å². The lowest BCUT2D eigenvalue weighted by Gasteiger charge is -2.27. The Morgan fingerprint density at radius 1 is 1.31 bits per heavy atom. The van der Waals surface area contributed by atoms with Gasteiger partial charge in [0.2, 0.25) is 0 Å². The van der Waals surface area contributed by atoms with Gasteiger partial charge in [0, 0.05) is 22.6 Å². The van der Waals surface area contributed by atoms with E-state index in [1.165, 1.54) is 29.7 Å². The summed E-state index contributed by atoms with van der Waals surface area (Å²) >= 11 is 9.54. The number of benzene rings is 1. The summed E-state index contributed by atoms with van der Waals surface area (Å²) in [6.07, 6.45) is 2.33. The van der Waals surface area contributed by atoms with E-state index in [0.717, 1.165) is 34.3 Å². The van der Waals surface area contributed by atoms with Crippen LogP contribution in [0.1, 0.15) is 51.5 Å². The summed E-state index contributed by atoms with van der Waals surface area (Å²) in [4.78, 5) is 24.7. The standard InChI is InChI=1S/C11H19NO4.C10H9BrClN/c1-11(2,3)16-10(14)12-7-5-6-8(12)9(13)15-4;11-9-3-6(12)2-8-7-1-5(7)4-13-10(8)9/h8H,5-7H2,1-4H3;2-3,5,7,13H,1,4H2. The Hall–Kier alpha value is -1.47. The normalized spacial score (nSPS) is 24.3. The molecule has 1 N–H and O–H groups in total. The molecule has 6 nitrogen and oxygen atoms in total. The number of hydrogen-bond donors (Lipinski definition) is 1. The third kappa shape index (κ3) is 5.37. The summed E-state index contributed by atoms with van der Waals surface area (Å²) in [6.45, 7) is 7.07. The highest BCUT2D eigenvalue weighted by Gasteiger charge is 2.43. The summed E-state index contributed by atoms with van der Waals surface area (Å²) in [5, 5.41) is 4.28. The summed E-state index contributed by atoms with van der Waals surface area (Å²) in [6, 6.07) is 3.56. The van der Waals surface area contributed by atoms with Crippen LogP contribution in [0.3, 0.4) is 0 Å². The first-order valence-electron chi connectivity index (χ1n) is 9.91. The van der Waals surface area contributed by atoms with E-state index < -0.39 is 17.7 Å². The minimum absolute atomic E-state index is 0.372. The third-order valence-corrected chi connectivity index (χ3v) is 6.15. The summed E-state index contributed by atoms with van der Waals surface area (Å²) in [5.41, 5.74) is 2.11. The molecule has 2 fully saturated rings. The molecule has 3 unspecified atom stereocenters. The number of hydrogen-bond acceptors (Lipinski definition) is 5. The Morgan fingerprint density at radius 2 is 2.03 bits per heavy atom. The van der Waals surface area contributed by atoms with Gasteiger partial charge in [0.15, 0.2) is 0 Å². The zero-order chi connectivity index (χ0) is 21.3. The summed E-state index contributed by atoms with van der Waals surface area (Å²) in [5.74, 6) is 1.26. The number of ether oxygens (including phenoxy) is 2. The van der Waals surface area contributed by atoms with Crippen molar-refractivity contribution in [3.63, 3.8) is 0 Å². The maximum atomic E-state index is 11.8. The molecule has 1 saturated heterocycles. The van der Waals surface area contributed by atoms with Crippen LogP contribution in [-0.2, 0) is 14.3 Å². The highest BCUT2D eigenvalue weighted by atomic mass is 79.9. The molecule has 0 spiro atoms. The monoisotopic (exact) mass is 486 g/mol. The molecule has 3 atom stereocenters. The molecule has 1 aromatic rings. The van der Waals surface area contributed by atoms with Gasteiger partial charge in [-0.15, -0.1) is 0 Å². The fourth-order valence-corrected chi connectivity index (χ4v) is 4.82. The van der Waals surface area contributed by atoms with Crippen LogP contribution in [-0.4, -0.2) is 48.8 Å². The molecule has 1 saturated carbocycles. The second kappa shape index (κ2) is 8.72. The van der Waals surface area contributed by atoms with Gasteiger partial charge >= 0.3 is 12.1 Å². The second-order valence-corrected chi connectivity index (χ2v) is 9.98. The van der Waals surface area contributed by atoms with Gasteiger partial charge in [-0.1, -0.05) is 11.6 Å². The SMILES string of the molecule is COC(=O)C1CCCN1C(=O)OC(C)(C)C.Clc1cc(Br)c2c(c1)C1CC1CN2. The molecule has 1 aliphatic carbocycles. The predicted octanol–water partition coefficient (Wildman–Crippen LogP) is 5.19. The first-order chi connectivity index (χ1) is 13.6. The van der Waals surface area contributed by atoms with E-state index in [2.05, 4.69) is 32.0 Å². The third-order valence-electron chi connectivity index (χ3n) is 5.30. The van der Waals surface area contributed by atoms with Gasteiger partial charge in [-0.2, -0.15) is 0 Å². The molecule has 3 aliphatic rings. The molecule has 29 heavy (non-hydrogen) atoms. The van der Waals surface area contributed by atoms with Crippen LogP contribution < -0.4 is 5.32 Å². The Kier molecular flexibility index (Phi) is 6.68. The van der Waals surface area contributed by atoms with Crippen LogP contribution in [0, 0.1) is 5.92 Å². The zero-order valence-electron chi connectivity index (χ0n) is 17.3. The largest absolute Gasteiger partial charge is 0.467 e. The number of esters is 1. The average molecular weight is 488 g/mol. The number of halogens is 2. The molecule has 2 aliphatic heterocycles. The maximum Gasteiger partial charge on any atom is 0.411 e. The van der Waals surface area contributed by atoms with Crippen molar-refractivity contribution in [3.8, 4) is 0 Å². The van der Waals surface area contributed by atoms with Crippen molar-refractivity contribution in [3.05, 3.63) is 27.2 Å². The highest BCUT2D eigenvalue weighted by molar-refractivity contribution is 9.10. The van der Waals surface area contributed by atoms with Gasteiger partial charge in [0.25, 0.3) is 0 Å². The van der Waals surface area contributed by atoms with E-state index in [0.29, 0.717) is 13.0 Å². The Morgan fingerprint density at radius 3 is 2.69 bits per heavy atom. The topological polar surface area (TPSA) is 67.9 Å². The number of amides is 1. The van der Waals surface area contributed by atoms with E-state index in [1.54, 1.807) is 20.8 Å². The second-order valence-electron chi connectivity index (χ2n) is 8.69. The van der Waals surface area contributed by atoms with Gasteiger partial charge in [-0.3, -0.25) is 4.90 Å². The van der Waals surface area contributed by atoms with Gasteiger partial charge in [-0.05, 0) is 85.5 Å². The number of carbonyl (C=O) groups excluding carboxylic acids is 2.